The molecule has 5 rings (SSSR count). The Hall–Kier alpha value is -3.00. The monoisotopic (exact) mass is 508 g/mol. The van der Waals surface area contributed by atoms with Crippen molar-refractivity contribution >= 4 is 21.2 Å². The largest absolute Gasteiger partial charge is 0.330 e. The highest BCUT2D eigenvalue weighted by atomic mass is 32.2. The van der Waals surface area contributed by atoms with E-state index >= 15 is 0 Å². The predicted octanol–water partition coefficient (Wildman–Crippen LogP) is 2.54. The molecule has 4 heterocycles. The first-order valence-corrected chi connectivity index (χ1v) is 14.0. The Bertz CT molecular complexity index is 1560. The van der Waals surface area contributed by atoms with Crippen molar-refractivity contribution in [2.45, 2.75) is 52.4 Å². The zero-order valence-corrected chi connectivity index (χ0v) is 22.2. The highest BCUT2D eigenvalue weighted by molar-refractivity contribution is 7.88. The molecule has 1 aromatic carbocycles. The molecular formula is C26H32N6O3S. The highest BCUT2D eigenvalue weighted by Crippen LogP contribution is 2.34. The van der Waals surface area contributed by atoms with Gasteiger partial charge in [-0.25, -0.2) is 18.2 Å². The van der Waals surface area contributed by atoms with Gasteiger partial charge in [-0.3, -0.25) is 14.0 Å². The number of likely N-dealkylation sites (tertiary alicyclic amines) is 1. The van der Waals surface area contributed by atoms with Crippen LogP contribution in [0.4, 0.5) is 0 Å². The van der Waals surface area contributed by atoms with Crippen molar-refractivity contribution in [3.63, 3.8) is 0 Å². The summed E-state index contributed by atoms with van der Waals surface area (Å²) in [6.45, 7) is 8.78. The van der Waals surface area contributed by atoms with Crippen molar-refractivity contribution in [1.82, 2.24) is 23.3 Å². The fourth-order valence-corrected chi connectivity index (χ4v) is 6.73. The fraction of sp³-hybridized carbons (Fsp3) is 0.500. The number of fused-ring (bicyclic) bond motifs is 3. The third-order valence-electron chi connectivity index (χ3n) is 7.21. The zero-order chi connectivity index (χ0) is 26.0. The van der Waals surface area contributed by atoms with E-state index in [2.05, 4.69) is 31.7 Å². The molecule has 190 valence electrons. The molecule has 3 aromatic rings. The van der Waals surface area contributed by atoms with Crippen LogP contribution in [0.3, 0.4) is 0 Å². The van der Waals surface area contributed by atoms with Crippen LogP contribution in [0.2, 0.25) is 0 Å². The van der Waals surface area contributed by atoms with Crippen LogP contribution in [0, 0.1) is 16.7 Å². The number of aromatic nitrogens is 3. The number of benzene rings is 1. The number of sulfonamides is 1. The van der Waals surface area contributed by atoms with Crippen LogP contribution in [0.5, 0.6) is 0 Å². The number of piperazine rings is 1. The second-order valence-corrected chi connectivity index (χ2v) is 13.3. The molecule has 2 atom stereocenters. The zero-order valence-electron chi connectivity index (χ0n) is 21.4. The van der Waals surface area contributed by atoms with Crippen LogP contribution >= 0.6 is 0 Å². The number of aryl methyl sites for hydroxylation is 1. The van der Waals surface area contributed by atoms with Gasteiger partial charge in [0.25, 0.3) is 0 Å². The molecule has 2 bridgehead atoms. The first-order valence-electron chi connectivity index (χ1n) is 12.2. The molecule has 0 unspecified atom stereocenters. The van der Waals surface area contributed by atoms with E-state index in [1.54, 1.807) is 20.5 Å². The number of imidazole rings is 1. The second kappa shape index (κ2) is 8.54. The van der Waals surface area contributed by atoms with Crippen LogP contribution in [-0.2, 0) is 30.2 Å². The summed E-state index contributed by atoms with van der Waals surface area (Å²) in [6, 6.07) is 12.1. The molecule has 10 heteroatoms. The van der Waals surface area contributed by atoms with Crippen LogP contribution in [0.1, 0.15) is 38.3 Å². The average molecular weight is 509 g/mol. The summed E-state index contributed by atoms with van der Waals surface area (Å²) in [7, 11) is -1.45. The van der Waals surface area contributed by atoms with Crippen molar-refractivity contribution in [1.29, 1.82) is 5.26 Å². The Morgan fingerprint density at radius 3 is 2.50 bits per heavy atom. The number of hydrogen-bond donors (Lipinski definition) is 0. The molecule has 2 aromatic heterocycles. The standard InChI is InChI=1S/C26H32N6O3S/c1-26(2,3)16-31-23-9-8-22(28-24(23)29(4)25(31)33)21-10-17(6-7-18(21)12-27)13-30-14-20-11-19(30)15-32(20)36(5,34)35/h6-10,19-20H,11,13-16H2,1-5H3/t19-,20-/m0/s1. The van der Waals surface area contributed by atoms with Gasteiger partial charge in [0, 0.05) is 50.9 Å². The van der Waals surface area contributed by atoms with Crippen molar-refractivity contribution in [3.8, 4) is 17.3 Å². The van der Waals surface area contributed by atoms with Gasteiger partial charge in [0.1, 0.15) is 0 Å². The first kappa shape index (κ1) is 24.7. The van der Waals surface area contributed by atoms with Crippen molar-refractivity contribution in [3.05, 3.63) is 51.9 Å². The maximum absolute atomic E-state index is 12.9. The maximum Gasteiger partial charge on any atom is 0.330 e. The van der Waals surface area contributed by atoms with E-state index in [0.29, 0.717) is 43.1 Å². The lowest BCUT2D eigenvalue weighted by molar-refractivity contribution is 0.175. The van der Waals surface area contributed by atoms with Gasteiger partial charge in [-0.05, 0) is 41.7 Å². The molecule has 0 radical (unpaired) electrons. The van der Waals surface area contributed by atoms with Gasteiger partial charge < -0.3 is 0 Å². The van der Waals surface area contributed by atoms with Gasteiger partial charge in [-0.15, -0.1) is 0 Å². The molecule has 0 spiro atoms. The molecule has 0 saturated carbocycles. The molecule has 0 amide bonds. The second-order valence-electron chi connectivity index (χ2n) is 11.3. The normalized spacial score (nSPS) is 20.9. The number of nitrogens with zero attached hydrogens (tertiary/aromatic N) is 6. The van der Waals surface area contributed by atoms with Gasteiger partial charge in [-0.2, -0.15) is 9.57 Å². The molecule has 2 aliphatic rings. The van der Waals surface area contributed by atoms with E-state index in [0.717, 1.165) is 23.1 Å². The van der Waals surface area contributed by atoms with E-state index in [9.17, 15) is 18.5 Å². The van der Waals surface area contributed by atoms with E-state index in [1.165, 1.54) is 6.26 Å². The Labute approximate surface area is 211 Å². The Kier molecular flexibility index (Phi) is 5.86. The van der Waals surface area contributed by atoms with E-state index in [-0.39, 0.29) is 23.2 Å². The summed E-state index contributed by atoms with van der Waals surface area (Å²) < 4.78 is 29.0. The average Bonchev–Trinajstić information content (AvgIpc) is 3.47. The van der Waals surface area contributed by atoms with Crippen molar-refractivity contribution in [2.75, 3.05) is 19.3 Å². The van der Waals surface area contributed by atoms with E-state index in [4.69, 9.17) is 4.98 Å². The predicted molar refractivity (Wildman–Crippen MR) is 139 cm³/mol. The summed E-state index contributed by atoms with van der Waals surface area (Å²) in [4.78, 5) is 20.1. The Morgan fingerprint density at radius 1 is 1.14 bits per heavy atom. The maximum atomic E-state index is 12.9. The minimum absolute atomic E-state index is 0.0327. The third-order valence-corrected chi connectivity index (χ3v) is 8.51. The SMILES string of the molecule is Cn1c(=O)n(CC(C)(C)C)c2ccc(-c3cc(CN4C[C@@H]5C[C@H]4CN5S(C)(=O)=O)ccc3C#N)nc21. The van der Waals surface area contributed by atoms with Crippen LogP contribution in [-0.4, -0.2) is 63.2 Å². The molecule has 2 aliphatic heterocycles. The molecule has 0 aliphatic carbocycles. The van der Waals surface area contributed by atoms with Crippen LogP contribution in [0.15, 0.2) is 35.1 Å². The molecule has 2 fully saturated rings. The van der Waals surface area contributed by atoms with Gasteiger partial charge in [0.05, 0.1) is 29.1 Å². The van der Waals surface area contributed by atoms with Gasteiger partial charge >= 0.3 is 5.69 Å². The lowest BCUT2D eigenvalue weighted by atomic mass is 9.97. The summed E-state index contributed by atoms with van der Waals surface area (Å²) in [5.41, 5.74) is 4.15. The quantitative estimate of drug-likeness (QED) is 0.525. The number of hydrogen-bond acceptors (Lipinski definition) is 6. The van der Waals surface area contributed by atoms with Gasteiger partial charge in [0.2, 0.25) is 10.0 Å². The van der Waals surface area contributed by atoms with Crippen LogP contribution in [0.25, 0.3) is 22.4 Å². The minimum atomic E-state index is -3.18. The Balaban J connectivity index is 1.46. The van der Waals surface area contributed by atoms with Gasteiger partial charge in [0.15, 0.2) is 5.65 Å². The summed E-state index contributed by atoms with van der Waals surface area (Å²) >= 11 is 0. The summed E-state index contributed by atoms with van der Waals surface area (Å²) in [5, 5.41) is 9.78. The third kappa shape index (κ3) is 4.36. The Morgan fingerprint density at radius 2 is 1.89 bits per heavy atom. The number of nitriles is 1. The minimum Gasteiger partial charge on any atom is -0.293 e. The van der Waals surface area contributed by atoms with Gasteiger partial charge in [-0.1, -0.05) is 26.8 Å². The number of pyridine rings is 1. The summed E-state index contributed by atoms with van der Waals surface area (Å²) in [5.74, 6) is 0. The van der Waals surface area contributed by atoms with E-state index < -0.39 is 10.0 Å². The molecule has 9 nitrogen and oxygen atoms in total. The molecule has 0 N–H and O–H groups in total. The lowest BCUT2D eigenvalue weighted by Crippen LogP contribution is -2.47. The topological polar surface area (TPSA) is 104 Å². The summed E-state index contributed by atoms with van der Waals surface area (Å²) in [6.07, 6.45) is 2.13. The highest BCUT2D eigenvalue weighted by Gasteiger charge is 2.46. The first-order chi connectivity index (χ1) is 16.9. The van der Waals surface area contributed by atoms with E-state index in [1.807, 2.05) is 30.3 Å². The van der Waals surface area contributed by atoms with Crippen LogP contribution < -0.4 is 5.69 Å². The fourth-order valence-electron chi connectivity index (χ4n) is 5.60. The molecular weight excluding hydrogens is 476 g/mol. The van der Waals surface area contributed by atoms with Crippen molar-refractivity contribution < 1.29 is 8.42 Å². The number of rotatable bonds is 5. The van der Waals surface area contributed by atoms with Crippen molar-refractivity contribution in [2.24, 2.45) is 12.5 Å². The molecule has 36 heavy (non-hydrogen) atoms. The smallest absolute Gasteiger partial charge is 0.293 e. The lowest BCUT2D eigenvalue weighted by Gasteiger charge is -2.32. The molecule has 2 saturated heterocycles.